The van der Waals surface area contributed by atoms with Gasteiger partial charge in [0.1, 0.15) is 34.1 Å². The summed E-state index contributed by atoms with van der Waals surface area (Å²) < 4.78 is 18.2. The molecule has 0 bridgehead atoms. The summed E-state index contributed by atoms with van der Waals surface area (Å²) in [6.07, 6.45) is 0. The van der Waals surface area contributed by atoms with Crippen LogP contribution in [0.3, 0.4) is 0 Å². The first kappa shape index (κ1) is 39.6. The lowest BCUT2D eigenvalue weighted by Gasteiger charge is -2.23. The molecule has 6 aromatic carbocycles. The van der Waals surface area contributed by atoms with Gasteiger partial charge in [-0.25, -0.2) is 0 Å². The first-order valence-corrected chi connectivity index (χ1v) is 19.8. The zero-order chi connectivity index (χ0) is 38.2. The van der Waals surface area contributed by atoms with E-state index in [-0.39, 0.29) is 27.7 Å². The van der Waals surface area contributed by atoms with Gasteiger partial charge in [0.2, 0.25) is 0 Å². The van der Waals surface area contributed by atoms with Crippen LogP contribution >= 0.6 is 12.6 Å². The normalized spacial score (nSPS) is 11.8. The average molecular weight is 742 g/mol. The highest BCUT2D eigenvalue weighted by atomic mass is 32.2. The molecule has 0 aromatic heterocycles. The van der Waals surface area contributed by atoms with Gasteiger partial charge in [0.15, 0.2) is 14.7 Å². The lowest BCUT2D eigenvalue weighted by atomic mass is 9.94. The number of ether oxygens (including phenoxy) is 3. The molecule has 0 atom stereocenters. The van der Waals surface area contributed by atoms with Crippen molar-refractivity contribution in [2.45, 2.75) is 98.7 Å². The van der Waals surface area contributed by atoms with E-state index in [2.05, 4.69) is 172 Å². The predicted molar refractivity (Wildman–Crippen MR) is 227 cm³/mol. The smallest absolute Gasteiger partial charge is 0.170 e. The van der Waals surface area contributed by atoms with Gasteiger partial charge in [-0.1, -0.05) is 78.9 Å². The van der Waals surface area contributed by atoms with Gasteiger partial charge in [0.25, 0.3) is 0 Å². The third-order valence-electron chi connectivity index (χ3n) is 7.58. The third-order valence-corrected chi connectivity index (χ3v) is 10.2. The fourth-order valence-electron chi connectivity index (χ4n) is 5.77. The van der Waals surface area contributed by atoms with Gasteiger partial charge in [-0.15, -0.1) is 12.6 Å². The van der Waals surface area contributed by atoms with Crippen molar-refractivity contribution in [3.8, 4) is 39.5 Å². The van der Waals surface area contributed by atoms with Crippen molar-refractivity contribution in [3.63, 3.8) is 0 Å². The molecule has 0 aliphatic rings. The quantitative estimate of drug-likeness (QED) is 0.124. The number of rotatable bonds is 8. The third kappa shape index (κ3) is 12.0. The van der Waals surface area contributed by atoms with E-state index in [0.29, 0.717) is 0 Å². The maximum absolute atomic E-state index is 6.08. The fraction of sp³-hybridized carbons (Fsp3) is 0.250. The summed E-state index contributed by atoms with van der Waals surface area (Å²) in [5.41, 5.74) is 3.69. The molecule has 0 unspecified atom stereocenters. The molecule has 0 saturated heterocycles. The zero-order valence-corrected chi connectivity index (χ0v) is 34.2. The molecule has 0 spiro atoms. The maximum Gasteiger partial charge on any atom is 0.170 e. The van der Waals surface area contributed by atoms with Gasteiger partial charge in [-0.3, -0.25) is 0 Å². The van der Waals surface area contributed by atoms with E-state index in [1.807, 2.05) is 42.5 Å². The first-order valence-electron chi connectivity index (χ1n) is 18.1. The molecular weight excluding hydrogens is 689 g/mol. The van der Waals surface area contributed by atoms with Crippen molar-refractivity contribution in [1.29, 1.82) is 0 Å². The minimum Gasteiger partial charge on any atom is -0.488 e. The second-order valence-electron chi connectivity index (χ2n) is 15.8. The highest BCUT2D eigenvalue weighted by Gasteiger charge is 2.29. The summed E-state index contributed by atoms with van der Waals surface area (Å²) >= 11 is 4.77. The van der Waals surface area contributed by atoms with Crippen LogP contribution in [0.4, 0.5) is 0 Å². The Balaban J connectivity index is 0.000000208. The Hall–Kier alpha value is -4.58. The standard InChI is InChI=1S/C26H30O2S.C22H23OS/c1-25(2,3)27-20-12-7-10-18(16-20)22-14-9-15-23(29)24(22)19-11-8-13-21(17-19)28-26(4,5)6;1-22(2,3)23-18-11-10-16-21(17-18)24(19-12-6-4-7-13-19)20-14-8-5-9-15-20/h7-17,29H,1-6H3;4-17H,1-3H3/q;+1. The molecule has 0 aliphatic heterocycles. The number of benzene rings is 6. The molecular formula is C48H53O3S2+. The van der Waals surface area contributed by atoms with Crippen LogP contribution in [-0.4, -0.2) is 16.8 Å². The van der Waals surface area contributed by atoms with Crippen molar-refractivity contribution in [2.75, 3.05) is 0 Å². The number of hydrogen-bond acceptors (Lipinski definition) is 4. The van der Waals surface area contributed by atoms with Crippen LogP contribution in [-0.2, 0) is 10.9 Å². The van der Waals surface area contributed by atoms with Crippen LogP contribution in [0.5, 0.6) is 17.2 Å². The molecule has 6 aromatic rings. The lowest BCUT2D eigenvalue weighted by molar-refractivity contribution is 0.130. The summed E-state index contributed by atoms with van der Waals surface area (Å²) in [5, 5.41) is 0. The highest BCUT2D eigenvalue weighted by molar-refractivity contribution is 7.97. The van der Waals surface area contributed by atoms with Crippen LogP contribution in [0.1, 0.15) is 62.3 Å². The van der Waals surface area contributed by atoms with E-state index in [1.54, 1.807) is 0 Å². The monoisotopic (exact) mass is 741 g/mol. The van der Waals surface area contributed by atoms with E-state index in [4.69, 9.17) is 26.8 Å². The molecule has 53 heavy (non-hydrogen) atoms. The lowest BCUT2D eigenvalue weighted by Crippen LogP contribution is -2.23. The average Bonchev–Trinajstić information content (AvgIpc) is 3.08. The molecule has 0 radical (unpaired) electrons. The van der Waals surface area contributed by atoms with Crippen LogP contribution in [0.2, 0.25) is 0 Å². The molecule has 6 rings (SSSR count). The first-order chi connectivity index (χ1) is 25.0. The van der Waals surface area contributed by atoms with Crippen LogP contribution in [0, 0.1) is 0 Å². The molecule has 274 valence electrons. The predicted octanol–water partition coefficient (Wildman–Crippen LogP) is 13.6. The van der Waals surface area contributed by atoms with E-state index in [0.717, 1.165) is 44.4 Å². The van der Waals surface area contributed by atoms with Crippen LogP contribution in [0.15, 0.2) is 171 Å². The molecule has 0 heterocycles. The minimum absolute atomic E-state index is 0.133. The molecule has 0 aliphatic carbocycles. The Morgan fingerprint density at radius 1 is 0.396 bits per heavy atom. The van der Waals surface area contributed by atoms with Gasteiger partial charge in [0, 0.05) is 16.5 Å². The Morgan fingerprint density at radius 2 is 0.792 bits per heavy atom. The Morgan fingerprint density at radius 3 is 1.28 bits per heavy atom. The van der Waals surface area contributed by atoms with Crippen molar-refractivity contribution in [1.82, 2.24) is 0 Å². The summed E-state index contributed by atoms with van der Waals surface area (Å²) in [4.78, 5) is 4.83. The van der Waals surface area contributed by atoms with Gasteiger partial charge < -0.3 is 14.2 Å². The Labute approximate surface area is 326 Å². The molecule has 0 saturated carbocycles. The second kappa shape index (κ2) is 17.0. The van der Waals surface area contributed by atoms with Crippen molar-refractivity contribution in [2.24, 2.45) is 0 Å². The summed E-state index contributed by atoms with van der Waals surface area (Å²) in [6.45, 7) is 18.6. The molecule has 5 heteroatoms. The van der Waals surface area contributed by atoms with Gasteiger partial charge in [0.05, 0.1) is 10.9 Å². The number of hydrogen-bond donors (Lipinski definition) is 1. The van der Waals surface area contributed by atoms with Gasteiger partial charge in [-0.05, 0) is 146 Å². The van der Waals surface area contributed by atoms with E-state index in [9.17, 15) is 0 Å². The molecule has 0 N–H and O–H groups in total. The van der Waals surface area contributed by atoms with E-state index >= 15 is 0 Å². The molecule has 0 amide bonds. The topological polar surface area (TPSA) is 27.7 Å². The highest BCUT2D eigenvalue weighted by Crippen LogP contribution is 2.39. The number of thiol groups is 1. The van der Waals surface area contributed by atoms with E-state index in [1.165, 1.54) is 14.7 Å². The summed E-state index contributed by atoms with van der Waals surface area (Å²) in [7, 11) is -0.133. The Bertz CT molecular complexity index is 2030. The Kier molecular flexibility index (Phi) is 12.7. The minimum atomic E-state index is -0.249. The van der Waals surface area contributed by atoms with Crippen LogP contribution < -0.4 is 14.2 Å². The largest absolute Gasteiger partial charge is 0.488 e. The molecule has 3 nitrogen and oxygen atoms in total. The fourth-order valence-corrected chi connectivity index (χ4v) is 8.23. The van der Waals surface area contributed by atoms with Gasteiger partial charge >= 0.3 is 0 Å². The molecule has 0 fully saturated rings. The van der Waals surface area contributed by atoms with Crippen molar-refractivity contribution < 1.29 is 14.2 Å². The summed E-state index contributed by atoms with van der Waals surface area (Å²) in [6, 6.07) is 52.5. The van der Waals surface area contributed by atoms with Crippen LogP contribution in [0.25, 0.3) is 22.3 Å². The van der Waals surface area contributed by atoms with Crippen molar-refractivity contribution >= 4 is 23.5 Å². The maximum atomic E-state index is 6.08. The van der Waals surface area contributed by atoms with Gasteiger partial charge in [-0.2, -0.15) is 0 Å². The SMILES string of the molecule is CC(C)(C)Oc1cccc(-c2cccc(S)c2-c2cccc(OC(C)(C)C)c2)c1.CC(C)(C)Oc1cccc([S+](c2ccccc2)c2ccccc2)c1. The summed E-state index contributed by atoms with van der Waals surface area (Å²) in [5.74, 6) is 2.63. The zero-order valence-electron chi connectivity index (χ0n) is 32.5. The second-order valence-corrected chi connectivity index (χ2v) is 18.3. The van der Waals surface area contributed by atoms with Crippen molar-refractivity contribution in [3.05, 3.63) is 152 Å². The van der Waals surface area contributed by atoms with E-state index < -0.39 is 0 Å².